The lowest BCUT2D eigenvalue weighted by Crippen LogP contribution is -2.56. The van der Waals surface area contributed by atoms with E-state index in [9.17, 15) is 14.7 Å². The summed E-state index contributed by atoms with van der Waals surface area (Å²) in [5.41, 5.74) is 4.61. The van der Waals surface area contributed by atoms with Crippen LogP contribution in [0.2, 0.25) is 0 Å². The van der Waals surface area contributed by atoms with Crippen molar-refractivity contribution in [2.24, 2.45) is 0 Å². The number of carbonyl (C=O) groups is 2. The molecule has 52 heavy (non-hydrogen) atoms. The van der Waals surface area contributed by atoms with Crippen LogP contribution in [0.3, 0.4) is 0 Å². The standard InChI is InChI=1S/C40H51N7O5/c1-2-27-8-5-9-28-10-6-11-34(35(27)28)44-21-15-32-33(24-44)41-37(42-36(32)45-22-29-12-13-30(23-45)47(29)38(48)49)52-26-40-16-7-20-46(40)31(14-17-40)25-51-39(50)43-18-3-4-19-43/h5-6,8-11,29-31H,2-4,7,12-26H2,1H3,(H,48,49)/t29-,30+,31-,40-/m1/s1. The van der Waals surface area contributed by atoms with Crippen molar-refractivity contribution in [3.05, 3.63) is 53.2 Å². The van der Waals surface area contributed by atoms with Gasteiger partial charge in [0, 0.05) is 55.4 Å². The first kappa shape index (κ1) is 33.5. The number of piperazine rings is 1. The fraction of sp³-hybridized carbons (Fsp3) is 0.600. The van der Waals surface area contributed by atoms with Crippen LogP contribution >= 0.6 is 0 Å². The Bertz CT molecular complexity index is 1830. The summed E-state index contributed by atoms with van der Waals surface area (Å²) >= 11 is 0. The van der Waals surface area contributed by atoms with Gasteiger partial charge < -0.3 is 29.3 Å². The second kappa shape index (κ2) is 13.6. The van der Waals surface area contributed by atoms with Gasteiger partial charge in [-0.25, -0.2) is 9.59 Å². The first-order valence-corrected chi connectivity index (χ1v) is 19.6. The number of anilines is 2. The van der Waals surface area contributed by atoms with E-state index in [1.807, 2.05) is 4.90 Å². The van der Waals surface area contributed by atoms with Gasteiger partial charge in [-0.1, -0.05) is 37.3 Å². The van der Waals surface area contributed by atoms with Crippen molar-refractivity contribution < 1.29 is 24.2 Å². The Morgan fingerprint density at radius 2 is 1.71 bits per heavy atom. The molecule has 2 aromatic carbocycles. The second-order valence-electron chi connectivity index (χ2n) is 15.8. The van der Waals surface area contributed by atoms with Crippen molar-refractivity contribution in [2.75, 3.05) is 62.3 Å². The highest BCUT2D eigenvalue weighted by Crippen LogP contribution is 2.44. The number of rotatable bonds is 8. The molecule has 6 aliphatic rings. The Hall–Kier alpha value is -4.32. The third-order valence-electron chi connectivity index (χ3n) is 13.0. The molecule has 276 valence electrons. The largest absolute Gasteiger partial charge is 0.465 e. The van der Waals surface area contributed by atoms with Gasteiger partial charge in [-0.3, -0.25) is 9.80 Å². The van der Waals surface area contributed by atoms with Gasteiger partial charge in [-0.2, -0.15) is 9.97 Å². The molecular formula is C40H51N7O5. The van der Waals surface area contributed by atoms with E-state index in [1.54, 1.807) is 4.90 Å². The van der Waals surface area contributed by atoms with E-state index >= 15 is 0 Å². The lowest BCUT2D eigenvalue weighted by atomic mass is 9.95. The van der Waals surface area contributed by atoms with Gasteiger partial charge in [0.1, 0.15) is 19.0 Å². The van der Waals surface area contributed by atoms with Gasteiger partial charge in [0.25, 0.3) is 0 Å². The summed E-state index contributed by atoms with van der Waals surface area (Å²) in [5.74, 6) is 0.910. The van der Waals surface area contributed by atoms with E-state index in [0.717, 1.165) is 107 Å². The van der Waals surface area contributed by atoms with Crippen LogP contribution in [0.25, 0.3) is 10.8 Å². The molecule has 2 bridgehead atoms. The van der Waals surface area contributed by atoms with Crippen molar-refractivity contribution in [1.82, 2.24) is 24.7 Å². The van der Waals surface area contributed by atoms with Gasteiger partial charge >= 0.3 is 18.2 Å². The zero-order valence-corrected chi connectivity index (χ0v) is 30.3. The number of aryl methyl sites for hydroxylation is 1. The molecule has 9 rings (SSSR count). The van der Waals surface area contributed by atoms with Gasteiger partial charge in [0.2, 0.25) is 0 Å². The van der Waals surface area contributed by atoms with Gasteiger partial charge in [-0.05, 0) is 87.8 Å². The molecule has 6 aliphatic heterocycles. The smallest absolute Gasteiger partial charge is 0.409 e. The Labute approximate surface area is 305 Å². The number of fused-ring (bicyclic) bond motifs is 5. The van der Waals surface area contributed by atoms with Gasteiger partial charge in [0.15, 0.2) is 0 Å². The number of hydrogen-bond acceptors (Lipinski definition) is 9. The van der Waals surface area contributed by atoms with E-state index in [1.165, 1.54) is 22.0 Å². The summed E-state index contributed by atoms with van der Waals surface area (Å²) < 4.78 is 12.5. The molecule has 1 N–H and O–H groups in total. The molecule has 0 unspecified atom stereocenters. The molecule has 3 aromatic rings. The van der Waals surface area contributed by atoms with Crippen molar-refractivity contribution in [3.8, 4) is 6.01 Å². The number of carbonyl (C=O) groups excluding carboxylic acids is 1. The summed E-state index contributed by atoms with van der Waals surface area (Å²) in [7, 11) is 0. The third kappa shape index (κ3) is 5.87. The van der Waals surface area contributed by atoms with Gasteiger partial charge in [-0.15, -0.1) is 0 Å². The Morgan fingerprint density at radius 3 is 2.48 bits per heavy atom. The minimum Gasteiger partial charge on any atom is -0.465 e. The lowest BCUT2D eigenvalue weighted by molar-refractivity contribution is 0.0461. The highest BCUT2D eigenvalue weighted by molar-refractivity contribution is 5.97. The summed E-state index contributed by atoms with van der Waals surface area (Å²) in [5, 5.41) is 12.5. The second-order valence-corrected chi connectivity index (χ2v) is 15.8. The molecule has 0 radical (unpaired) electrons. The highest BCUT2D eigenvalue weighted by Gasteiger charge is 2.50. The number of carboxylic acid groups (broad SMARTS) is 1. The van der Waals surface area contributed by atoms with E-state index in [0.29, 0.717) is 38.9 Å². The summed E-state index contributed by atoms with van der Waals surface area (Å²) in [6.45, 7) is 8.47. The minimum atomic E-state index is -0.820. The molecule has 12 heteroatoms. The van der Waals surface area contributed by atoms with Crippen molar-refractivity contribution in [3.63, 3.8) is 0 Å². The van der Waals surface area contributed by atoms with Crippen LogP contribution in [0.5, 0.6) is 6.01 Å². The van der Waals surface area contributed by atoms with Crippen LogP contribution in [0.1, 0.15) is 75.1 Å². The zero-order valence-electron chi connectivity index (χ0n) is 30.3. The van der Waals surface area contributed by atoms with Crippen LogP contribution in [0.4, 0.5) is 21.1 Å². The van der Waals surface area contributed by atoms with Gasteiger partial charge in [0.05, 0.1) is 29.9 Å². The molecule has 7 heterocycles. The lowest BCUT2D eigenvalue weighted by Gasteiger charge is -2.41. The average molecular weight is 710 g/mol. The molecular weight excluding hydrogens is 658 g/mol. The summed E-state index contributed by atoms with van der Waals surface area (Å²) in [6, 6.07) is 13.7. The summed E-state index contributed by atoms with van der Waals surface area (Å²) in [4.78, 5) is 45.9. The Morgan fingerprint density at radius 1 is 0.923 bits per heavy atom. The monoisotopic (exact) mass is 709 g/mol. The third-order valence-corrected chi connectivity index (χ3v) is 13.0. The molecule has 12 nitrogen and oxygen atoms in total. The Kier molecular flexibility index (Phi) is 8.75. The fourth-order valence-electron chi connectivity index (χ4n) is 10.4. The molecule has 2 amide bonds. The number of aromatic nitrogens is 2. The number of ether oxygens (including phenoxy) is 2. The normalized spacial score (nSPS) is 27.0. The predicted molar refractivity (Wildman–Crippen MR) is 198 cm³/mol. The fourth-order valence-corrected chi connectivity index (χ4v) is 10.4. The maximum atomic E-state index is 12.7. The highest BCUT2D eigenvalue weighted by atomic mass is 16.6. The van der Waals surface area contributed by atoms with Crippen LogP contribution in [0.15, 0.2) is 36.4 Å². The van der Waals surface area contributed by atoms with Crippen LogP contribution in [-0.4, -0.2) is 118 Å². The van der Waals surface area contributed by atoms with Crippen LogP contribution < -0.4 is 14.5 Å². The average Bonchev–Trinajstić information content (AvgIpc) is 3.96. The Balaban J connectivity index is 0.989. The maximum Gasteiger partial charge on any atom is 0.409 e. The minimum absolute atomic E-state index is 0.0320. The van der Waals surface area contributed by atoms with Crippen molar-refractivity contribution >= 4 is 34.5 Å². The topological polar surface area (TPSA) is 115 Å². The molecule has 1 aromatic heterocycles. The SMILES string of the molecule is CCc1cccc2cccc(N3CCc4c(nc(OC[C@]56CCCN5[C@@H](COC(=O)N5CCCC5)CC6)nc4N4C[C@H]5CC[C@@H](C4)N5C(=O)O)C3)c12. The molecule has 0 saturated carbocycles. The van der Waals surface area contributed by atoms with E-state index < -0.39 is 6.09 Å². The van der Waals surface area contributed by atoms with Crippen LogP contribution in [-0.2, 0) is 24.1 Å². The number of benzene rings is 2. The molecule has 4 atom stereocenters. The summed E-state index contributed by atoms with van der Waals surface area (Å²) in [6.07, 6.45) is 8.74. The molecule has 5 fully saturated rings. The van der Waals surface area contributed by atoms with E-state index in [4.69, 9.17) is 19.4 Å². The zero-order chi connectivity index (χ0) is 35.4. The molecule has 5 saturated heterocycles. The van der Waals surface area contributed by atoms with E-state index in [2.05, 4.69) is 58.0 Å². The molecule has 0 aliphatic carbocycles. The number of nitrogens with zero attached hydrogens (tertiary/aromatic N) is 7. The number of likely N-dealkylation sites (tertiary alicyclic amines) is 1. The first-order valence-electron chi connectivity index (χ1n) is 19.6. The van der Waals surface area contributed by atoms with Crippen molar-refractivity contribution in [1.29, 1.82) is 0 Å². The van der Waals surface area contributed by atoms with Crippen molar-refractivity contribution in [2.45, 2.75) is 101 Å². The van der Waals surface area contributed by atoms with Crippen LogP contribution in [0, 0.1) is 0 Å². The molecule has 0 spiro atoms. The number of hydrogen-bond donors (Lipinski definition) is 1. The predicted octanol–water partition coefficient (Wildman–Crippen LogP) is 5.69. The maximum absolute atomic E-state index is 12.7. The quantitative estimate of drug-likeness (QED) is 0.313. The first-order chi connectivity index (χ1) is 25.4. The van der Waals surface area contributed by atoms with E-state index in [-0.39, 0.29) is 29.8 Å². The number of amides is 2.